The number of rotatable bonds is 7. The first kappa shape index (κ1) is 27.6. The van der Waals surface area contributed by atoms with Crippen LogP contribution in [0, 0.1) is 5.41 Å². The van der Waals surface area contributed by atoms with E-state index in [1.54, 1.807) is 11.8 Å². The van der Waals surface area contributed by atoms with Crippen molar-refractivity contribution in [1.29, 1.82) is 0 Å². The van der Waals surface area contributed by atoms with Crippen LogP contribution in [0.15, 0.2) is 72.6 Å². The number of fused-ring (bicyclic) bond motifs is 1. The molecule has 1 fully saturated rings. The summed E-state index contributed by atoms with van der Waals surface area (Å²) in [6.07, 6.45) is 7.81. The maximum absolute atomic E-state index is 11.8. The summed E-state index contributed by atoms with van der Waals surface area (Å²) in [5.41, 5.74) is 7.07. The number of carbonyl (C=O) groups excluding carboxylic acids is 1. The molecule has 0 bridgehead atoms. The molecule has 1 saturated heterocycles. The molecule has 0 spiro atoms. The van der Waals surface area contributed by atoms with Crippen LogP contribution in [0.4, 0.5) is 5.69 Å². The third-order valence-corrected chi connectivity index (χ3v) is 8.87. The number of anilines is 1. The van der Waals surface area contributed by atoms with Crippen LogP contribution in [0.2, 0.25) is 5.02 Å². The number of nitrogens with one attached hydrogen (secondary N) is 1. The Morgan fingerprint density at radius 2 is 1.95 bits per heavy atom. The van der Waals surface area contributed by atoms with Crippen molar-refractivity contribution >= 4 is 40.2 Å². The van der Waals surface area contributed by atoms with E-state index >= 15 is 0 Å². The second-order valence-corrected chi connectivity index (χ2v) is 12.7. The number of allylic oxidation sites excluding steroid dienone is 1. The minimum atomic E-state index is 0.314. The summed E-state index contributed by atoms with van der Waals surface area (Å²) in [6.45, 7) is 10.9. The molecule has 1 aliphatic carbocycles. The topological polar surface area (TPSA) is 61.5 Å². The predicted octanol–water partition coefficient (Wildman–Crippen LogP) is 8.00. The molecule has 7 heteroatoms. The minimum absolute atomic E-state index is 0.314. The number of nitrogens with zero attached hydrogens (tertiary/aromatic N) is 3. The van der Waals surface area contributed by atoms with Crippen LogP contribution in [0.3, 0.4) is 0 Å². The molecular formula is C34H37ClN4O2. The highest BCUT2D eigenvalue weighted by molar-refractivity contribution is 6.30. The molecule has 0 radical (unpaired) electrons. The Morgan fingerprint density at radius 1 is 1.12 bits per heavy atom. The fraction of sp³-hybridized carbons (Fsp3) is 0.353. The van der Waals surface area contributed by atoms with Gasteiger partial charge in [-0.1, -0.05) is 43.2 Å². The van der Waals surface area contributed by atoms with Crippen LogP contribution in [-0.4, -0.2) is 53.4 Å². The number of aldehydes is 1. The lowest BCUT2D eigenvalue weighted by Crippen LogP contribution is -2.52. The quantitative estimate of drug-likeness (QED) is 0.229. The van der Waals surface area contributed by atoms with Crippen molar-refractivity contribution in [3.05, 3.63) is 88.7 Å². The first-order valence-corrected chi connectivity index (χ1v) is 14.8. The summed E-state index contributed by atoms with van der Waals surface area (Å²) in [7, 11) is 0. The summed E-state index contributed by atoms with van der Waals surface area (Å²) in [4.78, 5) is 24.3. The van der Waals surface area contributed by atoms with Gasteiger partial charge in [0.25, 0.3) is 0 Å². The number of carbonyl (C=O) groups is 1. The predicted molar refractivity (Wildman–Crippen MR) is 167 cm³/mol. The lowest BCUT2D eigenvalue weighted by molar-refractivity contribution is 0.112. The van der Waals surface area contributed by atoms with Gasteiger partial charge in [-0.15, -0.1) is 0 Å². The highest BCUT2D eigenvalue weighted by Gasteiger charge is 2.31. The number of ether oxygens (including phenoxy) is 1. The van der Waals surface area contributed by atoms with Crippen molar-refractivity contribution in [2.24, 2.45) is 5.41 Å². The summed E-state index contributed by atoms with van der Waals surface area (Å²) in [6, 6.07) is 18.5. The fourth-order valence-corrected chi connectivity index (χ4v) is 6.41. The smallest absolute Gasteiger partial charge is 0.153 e. The van der Waals surface area contributed by atoms with Gasteiger partial charge in [0.1, 0.15) is 17.1 Å². The third-order valence-electron chi connectivity index (χ3n) is 8.61. The van der Waals surface area contributed by atoms with Crippen LogP contribution in [-0.2, 0) is 0 Å². The maximum atomic E-state index is 11.8. The Kier molecular flexibility index (Phi) is 7.62. The zero-order valence-electron chi connectivity index (χ0n) is 24.0. The van der Waals surface area contributed by atoms with Gasteiger partial charge in [-0.2, -0.15) is 0 Å². The van der Waals surface area contributed by atoms with Gasteiger partial charge in [-0.25, -0.2) is 4.98 Å². The molecular weight excluding hydrogens is 532 g/mol. The van der Waals surface area contributed by atoms with Crippen molar-refractivity contribution in [1.82, 2.24) is 14.9 Å². The van der Waals surface area contributed by atoms with Crippen LogP contribution >= 0.6 is 11.6 Å². The van der Waals surface area contributed by atoms with Gasteiger partial charge in [-0.3, -0.25) is 9.69 Å². The molecule has 212 valence electrons. The van der Waals surface area contributed by atoms with Gasteiger partial charge in [0.05, 0.1) is 11.8 Å². The zero-order valence-corrected chi connectivity index (χ0v) is 24.7. The van der Waals surface area contributed by atoms with Crippen molar-refractivity contribution < 1.29 is 9.53 Å². The highest BCUT2D eigenvalue weighted by Crippen LogP contribution is 2.43. The second-order valence-electron chi connectivity index (χ2n) is 12.2. The molecule has 2 aromatic carbocycles. The first-order chi connectivity index (χ1) is 19.8. The number of piperazine rings is 1. The molecule has 1 atom stereocenters. The largest absolute Gasteiger partial charge is 0.455 e. The van der Waals surface area contributed by atoms with E-state index in [-0.39, 0.29) is 0 Å². The van der Waals surface area contributed by atoms with Gasteiger partial charge >= 0.3 is 0 Å². The number of aromatic amines is 1. The number of H-pyrrole nitrogens is 1. The highest BCUT2D eigenvalue weighted by atomic mass is 35.5. The van der Waals surface area contributed by atoms with Gasteiger partial charge < -0.3 is 14.6 Å². The number of hydrogen-bond acceptors (Lipinski definition) is 5. The molecule has 41 heavy (non-hydrogen) atoms. The Bertz CT molecular complexity index is 1590. The second kappa shape index (κ2) is 11.3. The van der Waals surface area contributed by atoms with E-state index in [0.717, 1.165) is 67.1 Å². The van der Waals surface area contributed by atoms with E-state index in [2.05, 4.69) is 52.7 Å². The Morgan fingerprint density at radius 3 is 2.73 bits per heavy atom. The van der Waals surface area contributed by atoms with Gasteiger partial charge in [0, 0.05) is 60.6 Å². The van der Waals surface area contributed by atoms with Crippen LogP contribution in [0.1, 0.15) is 56.0 Å². The number of benzene rings is 2. The van der Waals surface area contributed by atoms with Crippen molar-refractivity contribution in [2.45, 2.75) is 46.1 Å². The lowest BCUT2D eigenvalue weighted by atomic mass is 9.72. The first-order valence-electron chi connectivity index (χ1n) is 14.4. The van der Waals surface area contributed by atoms with E-state index in [4.69, 9.17) is 16.3 Å². The normalized spacial score (nSPS) is 19.5. The SMILES string of the molecule is C[C@H]1CN(c2ccc(C=O)c(Oc3cnc4[nH]ccc4c3)c2)CCN1CC1=C(c2ccc(Cl)cc2)CCC(C)(C)C1. The molecule has 6 rings (SSSR count). The van der Waals surface area contributed by atoms with Crippen molar-refractivity contribution in [3.63, 3.8) is 0 Å². The standard InChI is InChI=1S/C34H37ClN4O2/c1-23-20-39(29-9-6-26(22-40)32(17-29)41-30-16-25-11-13-36-33(25)37-19-30)15-14-38(23)21-27-18-34(2,3)12-10-31(27)24-4-7-28(35)8-5-24/h4-9,11,13,16-17,19,22-23H,10,12,14-15,18,20-21H2,1-3H3,(H,36,37)/t23-/m0/s1. The molecule has 1 N–H and O–H groups in total. The van der Waals surface area contributed by atoms with E-state index in [9.17, 15) is 4.79 Å². The monoisotopic (exact) mass is 568 g/mol. The number of hydrogen-bond donors (Lipinski definition) is 1. The maximum Gasteiger partial charge on any atom is 0.153 e. The average molecular weight is 569 g/mol. The Hall–Kier alpha value is -3.61. The summed E-state index contributed by atoms with van der Waals surface area (Å²) in [5.74, 6) is 1.15. The molecule has 2 aromatic heterocycles. The molecule has 4 aromatic rings. The van der Waals surface area contributed by atoms with E-state index in [0.29, 0.717) is 28.5 Å². The van der Waals surface area contributed by atoms with E-state index < -0.39 is 0 Å². The molecule has 0 saturated carbocycles. The lowest BCUT2D eigenvalue weighted by Gasteiger charge is -2.43. The zero-order chi connectivity index (χ0) is 28.6. The van der Waals surface area contributed by atoms with Crippen LogP contribution in [0.5, 0.6) is 11.5 Å². The van der Waals surface area contributed by atoms with Gasteiger partial charge in [-0.05, 0) is 79.1 Å². The number of halogens is 1. The van der Waals surface area contributed by atoms with Gasteiger partial charge in [0.15, 0.2) is 6.29 Å². The van der Waals surface area contributed by atoms with Crippen LogP contribution in [0.25, 0.3) is 16.6 Å². The minimum Gasteiger partial charge on any atom is -0.455 e. The summed E-state index contributed by atoms with van der Waals surface area (Å²) < 4.78 is 6.18. The number of pyridine rings is 1. The Labute approximate surface area is 247 Å². The molecule has 2 aliphatic rings. The molecule has 0 unspecified atom stereocenters. The van der Waals surface area contributed by atoms with Crippen molar-refractivity contribution in [3.8, 4) is 11.5 Å². The van der Waals surface area contributed by atoms with Crippen molar-refractivity contribution in [2.75, 3.05) is 31.1 Å². The van der Waals surface area contributed by atoms with Gasteiger partial charge in [0.2, 0.25) is 0 Å². The Balaban J connectivity index is 1.19. The van der Waals surface area contributed by atoms with Crippen LogP contribution < -0.4 is 9.64 Å². The summed E-state index contributed by atoms with van der Waals surface area (Å²) >= 11 is 6.20. The molecule has 0 amide bonds. The van der Waals surface area contributed by atoms with E-state index in [1.165, 1.54) is 17.6 Å². The molecule has 1 aliphatic heterocycles. The molecule has 3 heterocycles. The summed E-state index contributed by atoms with van der Waals surface area (Å²) in [5, 5.41) is 1.75. The van der Waals surface area contributed by atoms with E-state index in [1.807, 2.05) is 48.7 Å². The average Bonchev–Trinajstić information content (AvgIpc) is 3.42. The molecule has 6 nitrogen and oxygen atoms in total. The fourth-order valence-electron chi connectivity index (χ4n) is 6.28. The third kappa shape index (κ3) is 6.04. The number of aromatic nitrogens is 2.